The fourth-order valence-corrected chi connectivity index (χ4v) is 4.01. The largest absolute Gasteiger partial charge is 0.352 e. The van der Waals surface area contributed by atoms with Crippen LogP contribution in [-0.4, -0.2) is 42.2 Å². The number of sulfone groups is 1. The van der Waals surface area contributed by atoms with Gasteiger partial charge in [0.2, 0.25) is 0 Å². The Bertz CT molecular complexity index is 577. The van der Waals surface area contributed by atoms with Gasteiger partial charge in [-0.1, -0.05) is 6.92 Å². The van der Waals surface area contributed by atoms with Gasteiger partial charge in [0, 0.05) is 12.2 Å². The van der Waals surface area contributed by atoms with Gasteiger partial charge in [0.05, 0.1) is 29.3 Å². The van der Waals surface area contributed by atoms with E-state index in [1.807, 2.05) is 6.92 Å². The van der Waals surface area contributed by atoms with Gasteiger partial charge in [0.1, 0.15) is 0 Å². The molecule has 0 radical (unpaired) electrons. The Morgan fingerprint density at radius 3 is 2.89 bits per heavy atom. The summed E-state index contributed by atoms with van der Waals surface area (Å²) in [5.41, 5.74) is 1.26. The molecule has 1 N–H and O–H groups in total. The molecule has 0 spiro atoms. The molecule has 1 unspecified atom stereocenters. The van der Waals surface area contributed by atoms with Crippen molar-refractivity contribution in [3.8, 4) is 0 Å². The minimum atomic E-state index is -2.95. The van der Waals surface area contributed by atoms with Crippen LogP contribution >= 0.6 is 0 Å². The zero-order chi connectivity index (χ0) is 14.0. The number of hydrogen-bond donors (Lipinski definition) is 1. The number of amides is 1. The maximum absolute atomic E-state index is 11.9. The van der Waals surface area contributed by atoms with Crippen LogP contribution in [0, 0.1) is 6.92 Å². The second kappa shape index (κ2) is 5.32. The zero-order valence-electron chi connectivity index (χ0n) is 11.2. The molecule has 1 saturated heterocycles. The SMILES string of the molecule is CCCNC(=O)c1cnn(C2CCS(=O)(=O)C2)c1C. The van der Waals surface area contributed by atoms with Crippen LogP contribution in [0.3, 0.4) is 0 Å². The Balaban J connectivity index is 2.17. The Labute approximate surface area is 113 Å². The van der Waals surface area contributed by atoms with Crippen molar-refractivity contribution >= 4 is 15.7 Å². The van der Waals surface area contributed by atoms with Gasteiger partial charge < -0.3 is 5.32 Å². The summed E-state index contributed by atoms with van der Waals surface area (Å²) in [6, 6.07) is -0.141. The molecular formula is C12H19N3O3S. The van der Waals surface area contributed by atoms with Crippen molar-refractivity contribution in [3.05, 3.63) is 17.5 Å². The van der Waals surface area contributed by atoms with Crippen LogP contribution in [0.5, 0.6) is 0 Å². The first kappa shape index (κ1) is 14.0. The highest BCUT2D eigenvalue weighted by atomic mass is 32.2. The average Bonchev–Trinajstić information content (AvgIpc) is 2.89. The van der Waals surface area contributed by atoms with E-state index in [2.05, 4.69) is 10.4 Å². The third-order valence-electron chi connectivity index (χ3n) is 3.38. The predicted octanol–water partition coefficient (Wildman–Crippen LogP) is 0.691. The lowest BCUT2D eigenvalue weighted by atomic mass is 10.2. The molecule has 0 saturated carbocycles. The first-order valence-electron chi connectivity index (χ1n) is 6.47. The molecule has 1 amide bonds. The zero-order valence-corrected chi connectivity index (χ0v) is 12.0. The molecule has 7 heteroatoms. The van der Waals surface area contributed by atoms with Gasteiger partial charge in [-0.2, -0.15) is 5.10 Å². The molecule has 1 aliphatic heterocycles. The standard InChI is InChI=1S/C12H19N3O3S/c1-3-5-13-12(16)11-7-14-15(9(11)2)10-4-6-19(17,18)8-10/h7,10H,3-6,8H2,1-2H3,(H,13,16). The Morgan fingerprint density at radius 1 is 1.58 bits per heavy atom. The quantitative estimate of drug-likeness (QED) is 0.882. The monoisotopic (exact) mass is 285 g/mol. The van der Waals surface area contributed by atoms with Crippen molar-refractivity contribution in [2.75, 3.05) is 18.1 Å². The van der Waals surface area contributed by atoms with E-state index >= 15 is 0 Å². The van der Waals surface area contributed by atoms with Crippen molar-refractivity contribution in [1.29, 1.82) is 0 Å². The molecule has 0 aliphatic carbocycles. The number of rotatable bonds is 4. The third kappa shape index (κ3) is 2.97. The number of hydrogen-bond acceptors (Lipinski definition) is 4. The average molecular weight is 285 g/mol. The van der Waals surface area contributed by atoms with Gasteiger partial charge in [-0.3, -0.25) is 9.48 Å². The fraction of sp³-hybridized carbons (Fsp3) is 0.667. The second-order valence-electron chi connectivity index (χ2n) is 4.90. The molecule has 6 nitrogen and oxygen atoms in total. The van der Waals surface area contributed by atoms with E-state index in [-0.39, 0.29) is 23.5 Å². The molecule has 1 fully saturated rings. The van der Waals surface area contributed by atoms with E-state index in [1.165, 1.54) is 6.20 Å². The molecule has 19 heavy (non-hydrogen) atoms. The smallest absolute Gasteiger partial charge is 0.254 e. The van der Waals surface area contributed by atoms with E-state index in [1.54, 1.807) is 11.6 Å². The van der Waals surface area contributed by atoms with Crippen LogP contribution in [0.15, 0.2) is 6.20 Å². The maximum atomic E-state index is 11.9. The predicted molar refractivity (Wildman–Crippen MR) is 71.9 cm³/mol. The van der Waals surface area contributed by atoms with E-state index in [4.69, 9.17) is 0 Å². The lowest BCUT2D eigenvalue weighted by Gasteiger charge is -2.11. The van der Waals surface area contributed by atoms with Crippen molar-refractivity contribution in [1.82, 2.24) is 15.1 Å². The minimum absolute atomic E-state index is 0.117. The van der Waals surface area contributed by atoms with Crippen LogP contribution in [0.2, 0.25) is 0 Å². The van der Waals surface area contributed by atoms with Crippen LogP contribution in [-0.2, 0) is 9.84 Å². The fourth-order valence-electron chi connectivity index (χ4n) is 2.32. The van der Waals surface area contributed by atoms with Gasteiger partial charge in [-0.15, -0.1) is 0 Å². The second-order valence-corrected chi connectivity index (χ2v) is 7.13. The van der Waals surface area contributed by atoms with E-state index in [9.17, 15) is 13.2 Å². The van der Waals surface area contributed by atoms with Gasteiger partial charge in [0.15, 0.2) is 9.84 Å². The summed E-state index contributed by atoms with van der Waals surface area (Å²) in [6.45, 7) is 4.42. The highest BCUT2D eigenvalue weighted by molar-refractivity contribution is 7.91. The van der Waals surface area contributed by atoms with Crippen LogP contribution in [0.25, 0.3) is 0 Å². The molecule has 1 atom stereocenters. The van der Waals surface area contributed by atoms with Crippen LogP contribution < -0.4 is 5.32 Å². The summed E-state index contributed by atoms with van der Waals surface area (Å²) < 4.78 is 24.6. The maximum Gasteiger partial charge on any atom is 0.254 e. The van der Waals surface area contributed by atoms with Crippen molar-refractivity contribution in [3.63, 3.8) is 0 Å². The van der Waals surface area contributed by atoms with Crippen LogP contribution in [0.1, 0.15) is 41.9 Å². The molecule has 1 aromatic rings. The molecular weight excluding hydrogens is 266 g/mol. The highest BCUT2D eigenvalue weighted by Gasteiger charge is 2.31. The van der Waals surface area contributed by atoms with E-state index in [0.29, 0.717) is 18.5 Å². The van der Waals surface area contributed by atoms with Crippen molar-refractivity contribution < 1.29 is 13.2 Å². The first-order valence-corrected chi connectivity index (χ1v) is 8.29. The van der Waals surface area contributed by atoms with E-state index < -0.39 is 9.84 Å². The third-order valence-corrected chi connectivity index (χ3v) is 5.13. The van der Waals surface area contributed by atoms with E-state index in [0.717, 1.165) is 12.1 Å². The minimum Gasteiger partial charge on any atom is -0.352 e. The Hall–Kier alpha value is -1.37. The Kier molecular flexibility index (Phi) is 3.93. The summed E-state index contributed by atoms with van der Waals surface area (Å²) >= 11 is 0. The molecule has 2 heterocycles. The molecule has 0 aromatic carbocycles. The molecule has 1 aliphatic rings. The molecule has 2 rings (SSSR count). The first-order chi connectivity index (χ1) is 8.94. The molecule has 1 aromatic heterocycles. The Morgan fingerprint density at radius 2 is 2.32 bits per heavy atom. The summed E-state index contributed by atoms with van der Waals surface area (Å²) in [6.07, 6.45) is 2.96. The summed E-state index contributed by atoms with van der Waals surface area (Å²) in [4.78, 5) is 11.9. The topological polar surface area (TPSA) is 81.1 Å². The molecule has 106 valence electrons. The normalized spacial score (nSPS) is 21.5. The summed E-state index contributed by atoms with van der Waals surface area (Å²) in [5.74, 6) is 0.173. The highest BCUT2D eigenvalue weighted by Crippen LogP contribution is 2.25. The van der Waals surface area contributed by atoms with Gasteiger partial charge in [-0.25, -0.2) is 8.42 Å². The number of carbonyl (C=O) groups is 1. The lowest BCUT2D eigenvalue weighted by molar-refractivity contribution is 0.0953. The number of nitrogens with one attached hydrogen (secondary N) is 1. The van der Waals surface area contributed by atoms with Gasteiger partial charge in [-0.05, 0) is 19.8 Å². The summed E-state index contributed by atoms with van der Waals surface area (Å²) in [5, 5.41) is 6.98. The van der Waals surface area contributed by atoms with Crippen LogP contribution in [0.4, 0.5) is 0 Å². The van der Waals surface area contributed by atoms with Crippen molar-refractivity contribution in [2.45, 2.75) is 32.7 Å². The van der Waals surface area contributed by atoms with Gasteiger partial charge in [0.25, 0.3) is 5.91 Å². The van der Waals surface area contributed by atoms with Gasteiger partial charge >= 0.3 is 0 Å². The number of carbonyl (C=O) groups excluding carboxylic acids is 1. The number of aromatic nitrogens is 2. The molecule has 0 bridgehead atoms. The number of nitrogens with zero attached hydrogens (tertiary/aromatic N) is 2. The van der Waals surface area contributed by atoms with Crippen molar-refractivity contribution in [2.24, 2.45) is 0 Å². The summed E-state index contributed by atoms with van der Waals surface area (Å²) in [7, 11) is -2.95. The lowest BCUT2D eigenvalue weighted by Crippen LogP contribution is -2.24.